The van der Waals surface area contributed by atoms with Gasteiger partial charge in [0.25, 0.3) is 11.8 Å². The van der Waals surface area contributed by atoms with Crippen molar-refractivity contribution in [3.05, 3.63) is 99.7 Å². The molecule has 3 heterocycles. The molecule has 2 aromatic carbocycles. The third-order valence-corrected chi connectivity index (χ3v) is 6.98. The number of halogens is 8. The van der Waals surface area contributed by atoms with Gasteiger partial charge in [0.1, 0.15) is 33.6 Å². The molecule has 0 spiro atoms. The molecule has 0 atom stereocenters. The Bertz CT molecular complexity index is 1880. The Kier molecular flexibility index (Phi) is 7.56. The highest BCUT2D eigenvalue weighted by molar-refractivity contribution is 7.21. The quantitative estimate of drug-likeness (QED) is 0.147. The number of ether oxygens (including phenoxy) is 1. The molecule has 0 radical (unpaired) electrons. The van der Waals surface area contributed by atoms with Gasteiger partial charge in [-0.15, -0.1) is 11.3 Å². The van der Waals surface area contributed by atoms with E-state index in [-0.39, 0.29) is 43.7 Å². The van der Waals surface area contributed by atoms with Crippen molar-refractivity contribution in [2.45, 2.75) is 12.8 Å². The first-order valence-electron chi connectivity index (χ1n) is 11.7. The van der Waals surface area contributed by atoms with E-state index in [1.54, 1.807) is 0 Å². The number of nitrogens with two attached hydrogens (primary N) is 1. The van der Waals surface area contributed by atoms with Gasteiger partial charge >= 0.3 is 6.18 Å². The highest BCUT2D eigenvalue weighted by atomic mass is 32.1. The number of aromatic nitrogens is 1. The molecule has 0 saturated carbocycles. The molecule has 0 aliphatic heterocycles. The SMILES string of the molecule is NC(=O)c1sc2nc(C(F)(F)F)cc(-c3ccc(F)cc3)c2c1NC(=O)c1ccc(COc2c(F)c(F)cc(F)c2F)o1. The monoisotopic (exact) mass is 627 g/mol. The summed E-state index contributed by atoms with van der Waals surface area (Å²) in [6.07, 6.45) is -4.90. The minimum atomic E-state index is -4.90. The third-order valence-electron chi connectivity index (χ3n) is 5.89. The molecule has 0 fully saturated rings. The van der Waals surface area contributed by atoms with Crippen molar-refractivity contribution in [1.29, 1.82) is 0 Å². The number of amides is 2. The molecule has 0 aliphatic carbocycles. The van der Waals surface area contributed by atoms with Crippen LogP contribution in [-0.4, -0.2) is 16.8 Å². The van der Waals surface area contributed by atoms with Gasteiger partial charge in [0.2, 0.25) is 11.6 Å². The molecule has 222 valence electrons. The summed E-state index contributed by atoms with van der Waals surface area (Å²) in [5, 5.41) is 2.24. The van der Waals surface area contributed by atoms with E-state index in [0.29, 0.717) is 17.4 Å². The summed E-state index contributed by atoms with van der Waals surface area (Å²) in [5.74, 6) is -11.9. The van der Waals surface area contributed by atoms with Crippen molar-refractivity contribution in [1.82, 2.24) is 4.98 Å². The topological polar surface area (TPSA) is 107 Å². The first kappa shape index (κ1) is 29.5. The van der Waals surface area contributed by atoms with Crippen LogP contribution in [0.4, 0.5) is 40.8 Å². The fraction of sp³-hybridized carbons (Fsp3) is 0.0741. The molecule has 5 rings (SSSR count). The van der Waals surface area contributed by atoms with Crippen molar-refractivity contribution >= 4 is 39.1 Å². The smallest absolute Gasteiger partial charge is 0.433 e. The molecule has 0 aliphatic rings. The normalized spacial score (nSPS) is 11.6. The molecular formula is C27H13F8N3O4S. The highest BCUT2D eigenvalue weighted by Crippen LogP contribution is 2.44. The second-order valence-electron chi connectivity index (χ2n) is 8.72. The van der Waals surface area contributed by atoms with Crippen LogP contribution >= 0.6 is 11.3 Å². The van der Waals surface area contributed by atoms with Gasteiger partial charge in [0, 0.05) is 11.5 Å². The minimum absolute atomic E-state index is 0.0116. The molecule has 5 aromatic rings. The number of nitrogens with zero attached hydrogens (tertiary/aromatic N) is 1. The van der Waals surface area contributed by atoms with Crippen molar-refractivity contribution in [2.75, 3.05) is 5.32 Å². The lowest BCUT2D eigenvalue weighted by atomic mass is 10.0. The average Bonchev–Trinajstić information content (AvgIpc) is 3.57. The maximum atomic E-state index is 13.9. The lowest BCUT2D eigenvalue weighted by Crippen LogP contribution is -2.16. The number of benzene rings is 2. The molecule has 43 heavy (non-hydrogen) atoms. The van der Waals surface area contributed by atoms with Crippen molar-refractivity contribution < 1.29 is 53.9 Å². The van der Waals surface area contributed by atoms with Gasteiger partial charge < -0.3 is 20.2 Å². The van der Waals surface area contributed by atoms with Crippen LogP contribution in [0.2, 0.25) is 0 Å². The molecule has 2 amide bonds. The van der Waals surface area contributed by atoms with Gasteiger partial charge in [-0.2, -0.15) is 22.0 Å². The second kappa shape index (κ2) is 11.0. The third kappa shape index (κ3) is 5.73. The second-order valence-corrected chi connectivity index (χ2v) is 9.72. The van der Waals surface area contributed by atoms with E-state index in [1.165, 1.54) is 12.1 Å². The molecule has 0 bridgehead atoms. The zero-order valence-corrected chi connectivity index (χ0v) is 21.7. The fourth-order valence-corrected chi connectivity index (χ4v) is 4.97. The lowest BCUT2D eigenvalue weighted by Gasteiger charge is -2.12. The Morgan fingerprint density at radius 2 is 1.60 bits per heavy atom. The Labute approximate surface area is 238 Å². The van der Waals surface area contributed by atoms with Crippen molar-refractivity contribution in [3.63, 3.8) is 0 Å². The minimum Gasteiger partial charge on any atom is -0.479 e. The van der Waals surface area contributed by atoms with Crippen molar-refractivity contribution in [3.8, 4) is 16.9 Å². The van der Waals surface area contributed by atoms with Crippen LogP contribution in [-0.2, 0) is 12.8 Å². The van der Waals surface area contributed by atoms with Crippen molar-refractivity contribution in [2.24, 2.45) is 5.73 Å². The van der Waals surface area contributed by atoms with E-state index in [0.717, 1.165) is 24.3 Å². The number of anilines is 1. The number of hydrogen-bond acceptors (Lipinski definition) is 6. The van der Waals surface area contributed by atoms with Gasteiger partial charge in [0.15, 0.2) is 23.1 Å². The number of hydrogen-bond donors (Lipinski definition) is 2. The van der Waals surface area contributed by atoms with Crippen LogP contribution in [0.25, 0.3) is 21.3 Å². The van der Waals surface area contributed by atoms with Gasteiger partial charge in [-0.25, -0.2) is 18.2 Å². The predicted molar refractivity (Wildman–Crippen MR) is 136 cm³/mol. The van der Waals surface area contributed by atoms with Gasteiger partial charge in [0.05, 0.1) is 5.69 Å². The van der Waals surface area contributed by atoms with Crippen LogP contribution in [0.3, 0.4) is 0 Å². The molecular weight excluding hydrogens is 614 g/mol. The fourth-order valence-electron chi connectivity index (χ4n) is 3.97. The molecule has 0 unspecified atom stereocenters. The molecule has 3 N–H and O–H groups in total. The maximum absolute atomic E-state index is 13.9. The number of primary amides is 1. The van der Waals surface area contributed by atoms with Crippen LogP contribution in [0.15, 0.2) is 52.9 Å². The van der Waals surface area contributed by atoms with E-state index < -0.39 is 70.9 Å². The van der Waals surface area contributed by atoms with Gasteiger partial charge in [-0.1, -0.05) is 12.1 Å². The number of furan rings is 1. The van der Waals surface area contributed by atoms with Gasteiger partial charge in [-0.3, -0.25) is 9.59 Å². The molecule has 7 nitrogen and oxygen atoms in total. The first-order chi connectivity index (χ1) is 20.2. The first-order valence-corrected chi connectivity index (χ1v) is 12.5. The number of pyridine rings is 1. The summed E-state index contributed by atoms with van der Waals surface area (Å²) in [6, 6.07) is 7.22. The summed E-state index contributed by atoms with van der Waals surface area (Å²) in [7, 11) is 0. The van der Waals surface area contributed by atoms with Crippen LogP contribution in [0, 0.1) is 29.1 Å². The Morgan fingerprint density at radius 3 is 2.21 bits per heavy atom. The Balaban J connectivity index is 1.51. The van der Waals surface area contributed by atoms with Gasteiger partial charge in [-0.05, 0) is 41.5 Å². The predicted octanol–water partition coefficient (Wildman–Crippen LogP) is 7.20. The van der Waals surface area contributed by atoms with E-state index >= 15 is 0 Å². The van der Waals surface area contributed by atoms with E-state index in [4.69, 9.17) is 14.9 Å². The number of rotatable bonds is 7. The van der Waals surface area contributed by atoms with Crippen LogP contribution in [0.1, 0.15) is 31.7 Å². The zero-order chi connectivity index (χ0) is 31.2. The molecule has 3 aromatic heterocycles. The van der Waals surface area contributed by atoms with E-state index in [1.807, 2.05) is 0 Å². The summed E-state index contributed by atoms with van der Waals surface area (Å²) in [5.41, 5.74) is 3.74. The highest BCUT2D eigenvalue weighted by Gasteiger charge is 2.35. The van der Waals surface area contributed by atoms with Crippen LogP contribution in [0.5, 0.6) is 5.75 Å². The number of fused-ring (bicyclic) bond motifs is 1. The standard InChI is InChI=1S/C27H13F8N3O4S/c28-11-3-1-10(2-4-11)13-7-17(27(33,34)35)37-26-18(13)21(23(43-26)24(36)39)38-25(40)16-6-5-12(42-16)9-41-22-19(31)14(29)8-15(30)20(22)32/h1-8H,9H2,(H2,36,39)(H,38,40). The zero-order valence-electron chi connectivity index (χ0n) is 20.9. The number of nitrogens with one attached hydrogen (secondary N) is 1. The van der Waals surface area contributed by atoms with E-state index in [9.17, 15) is 44.7 Å². The number of carbonyl (C=O) groups excluding carboxylic acids is 2. The number of carbonyl (C=O) groups is 2. The number of thiophene rings is 1. The Morgan fingerprint density at radius 1 is 0.953 bits per heavy atom. The van der Waals surface area contributed by atoms with E-state index in [2.05, 4.69) is 10.3 Å². The Hall–Kier alpha value is -4.99. The summed E-state index contributed by atoms with van der Waals surface area (Å²) < 4.78 is 119. The summed E-state index contributed by atoms with van der Waals surface area (Å²) >= 11 is 0.470. The lowest BCUT2D eigenvalue weighted by molar-refractivity contribution is -0.140. The maximum Gasteiger partial charge on any atom is 0.433 e. The molecule has 0 saturated heterocycles. The molecule has 16 heteroatoms. The largest absolute Gasteiger partial charge is 0.479 e. The average molecular weight is 627 g/mol. The van der Waals surface area contributed by atoms with Crippen LogP contribution < -0.4 is 15.8 Å². The summed E-state index contributed by atoms with van der Waals surface area (Å²) in [6.45, 7) is -0.781. The number of alkyl halides is 3. The summed E-state index contributed by atoms with van der Waals surface area (Å²) in [4.78, 5) is 28.2.